The first-order valence-electron chi connectivity index (χ1n) is 23.8. The highest BCUT2D eigenvalue weighted by molar-refractivity contribution is 5.20. The molecule has 0 radical (unpaired) electrons. The van der Waals surface area contributed by atoms with Crippen molar-refractivity contribution in [1.82, 2.24) is 0 Å². The van der Waals surface area contributed by atoms with Gasteiger partial charge in [-0.25, -0.2) is 0 Å². The SMILES string of the molecule is CC(C)=CCC[C@](C)(O[C@H]1O[C@@H](CO[C@@H]2O[C@@H](CO)[C@H](O)[C@@H]2O)[C@H](O)[C@@H](O)[C@@H]1O)[C@@H]1CC[C@]2(C)[C@@H]1[C@H](O)C[C@@H]1[C@]3(C)CC[C@H](O[C@@H]4O[C@H](CO)[C@@H](O)[C@H](O)[C@@H]4O)C(C)(C)[C@@H]3CC[C@@]12C. The fraction of sp³-hybridized carbons (Fsp3) is 0.957. The van der Waals surface area contributed by atoms with Gasteiger partial charge in [-0.2, -0.15) is 0 Å². The molecule has 64 heavy (non-hydrogen) atoms. The Morgan fingerprint density at radius 2 is 1.19 bits per heavy atom. The maximum Gasteiger partial charge on any atom is 0.187 e. The van der Waals surface area contributed by atoms with Crippen molar-refractivity contribution in [3.63, 3.8) is 0 Å². The van der Waals surface area contributed by atoms with Gasteiger partial charge in [0.15, 0.2) is 18.9 Å². The van der Waals surface area contributed by atoms with E-state index in [0.29, 0.717) is 25.7 Å². The quantitative estimate of drug-likeness (QED) is 0.0892. The molecule has 0 aromatic carbocycles. The molecule has 17 heteroatoms. The van der Waals surface area contributed by atoms with E-state index in [1.165, 1.54) is 0 Å². The van der Waals surface area contributed by atoms with Crippen LogP contribution in [0, 0.1) is 45.3 Å². The van der Waals surface area contributed by atoms with Crippen molar-refractivity contribution in [2.45, 2.75) is 217 Å². The van der Waals surface area contributed by atoms with Crippen molar-refractivity contribution in [3.8, 4) is 0 Å². The van der Waals surface area contributed by atoms with Crippen LogP contribution in [0.15, 0.2) is 11.6 Å². The minimum Gasteiger partial charge on any atom is -0.394 e. The second-order valence-electron chi connectivity index (χ2n) is 22.4. The molecule has 0 unspecified atom stereocenters. The molecule has 11 N–H and O–H groups in total. The number of ether oxygens (including phenoxy) is 6. The fourth-order valence-corrected chi connectivity index (χ4v) is 14.6. The molecule has 370 valence electrons. The summed E-state index contributed by atoms with van der Waals surface area (Å²) in [5.41, 5.74) is -0.947. The third-order valence-electron chi connectivity index (χ3n) is 18.4. The first-order valence-corrected chi connectivity index (χ1v) is 23.8. The second kappa shape index (κ2) is 18.8. The number of allylic oxidation sites excluding steroid dienone is 2. The first kappa shape index (κ1) is 50.9. The van der Waals surface area contributed by atoms with Gasteiger partial charge in [0.25, 0.3) is 0 Å². The number of aliphatic hydroxyl groups excluding tert-OH is 11. The van der Waals surface area contributed by atoms with Crippen LogP contribution in [0.25, 0.3) is 0 Å². The third-order valence-corrected chi connectivity index (χ3v) is 18.4. The van der Waals surface area contributed by atoms with E-state index in [1.54, 1.807) is 0 Å². The molecule has 4 saturated carbocycles. The summed E-state index contributed by atoms with van der Waals surface area (Å²) in [5.74, 6) is -0.0472. The zero-order chi connectivity index (χ0) is 47.1. The summed E-state index contributed by atoms with van der Waals surface area (Å²) in [6.45, 7) is 16.1. The summed E-state index contributed by atoms with van der Waals surface area (Å²) >= 11 is 0. The van der Waals surface area contributed by atoms with Crippen LogP contribution in [-0.2, 0) is 28.4 Å². The van der Waals surface area contributed by atoms with Crippen LogP contribution < -0.4 is 0 Å². The molecule has 7 aliphatic rings. The lowest BCUT2D eigenvalue weighted by Crippen LogP contribution is -2.67. The van der Waals surface area contributed by atoms with Gasteiger partial charge in [-0.05, 0) is 124 Å². The second-order valence-corrected chi connectivity index (χ2v) is 22.4. The van der Waals surface area contributed by atoms with Crippen molar-refractivity contribution in [2.24, 2.45) is 45.3 Å². The highest BCUT2D eigenvalue weighted by Crippen LogP contribution is 2.76. The molecule has 4 aliphatic carbocycles. The number of rotatable bonds is 13. The van der Waals surface area contributed by atoms with Crippen LogP contribution in [0.2, 0.25) is 0 Å². The summed E-state index contributed by atoms with van der Waals surface area (Å²) in [7, 11) is 0. The van der Waals surface area contributed by atoms with Crippen molar-refractivity contribution >= 4 is 0 Å². The maximum absolute atomic E-state index is 12.7. The zero-order valence-electron chi connectivity index (χ0n) is 39.0. The summed E-state index contributed by atoms with van der Waals surface area (Å²) in [6, 6.07) is 0. The van der Waals surface area contributed by atoms with Gasteiger partial charge in [0, 0.05) is 0 Å². The lowest BCUT2D eigenvalue weighted by molar-refractivity contribution is -0.342. The summed E-state index contributed by atoms with van der Waals surface area (Å²) in [5, 5.41) is 118. The van der Waals surface area contributed by atoms with E-state index in [-0.39, 0.29) is 46.0 Å². The van der Waals surface area contributed by atoms with Gasteiger partial charge < -0.3 is 84.6 Å². The van der Waals surface area contributed by atoms with E-state index in [9.17, 15) is 56.2 Å². The minimum atomic E-state index is -1.67. The van der Waals surface area contributed by atoms with Gasteiger partial charge in [-0.3, -0.25) is 0 Å². The van der Waals surface area contributed by atoms with Crippen molar-refractivity contribution in [3.05, 3.63) is 11.6 Å². The van der Waals surface area contributed by atoms with Crippen LogP contribution in [0.3, 0.4) is 0 Å². The Hall–Kier alpha value is -0.940. The van der Waals surface area contributed by atoms with Crippen LogP contribution in [-0.4, -0.2) is 180 Å². The summed E-state index contributed by atoms with van der Waals surface area (Å²) in [6.07, 6.45) is -11.9. The molecule has 0 aromatic heterocycles. The molecule has 7 fully saturated rings. The predicted octanol–water partition coefficient (Wildman–Crippen LogP) is 0.612. The Kier molecular flexibility index (Phi) is 14.9. The van der Waals surface area contributed by atoms with Gasteiger partial charge in [0.1, 0.15) is 67.1 Å². The number of fused-ring (bicyclic) bond motifs is 5. The predicted molar refractivity (Wildman–Crippen MR) is 228 cm³/mol. The highest BCUT2D eigenvalue weighted by atomic mass is 16.7. The average molecular weight is 917 g/mol. The zero-order valence-corrected chi connectivity index (χ0v) is 39.0. The Morgan fingerprint density at radius 1 is 0.641 bits per heavy atom. The number of hydrogen-bond donors (Lipinski definition) is 11. The van der Waals surface area contributed by atoms with Crippen LogP contribution in [0.4, 0.5) is 0 Å². The van der Waals surface area contributed by atoms with Gasteiger partial charge in [-0.15, -0.1) is 0 Å². The van der Waals surface area contributed by atoms with Crippen LogP contribution in [0.5, 0.6) is 0 Å². The lowest BCUT2D eigenvalue weighted by atomic mass is 9.35. The Morgan fingerprint density at radius 3 is 1.81 bits per heavy atom. The van der Waals surface area contributed by atoms with Crippen LogP contribution >= 0.6 is 0 Å². The lowest BCUT2D eigenvalue weighted by Gasteiger charge is -2.71. The monoisotopic (exact) mass is 917 g/mol. The number of hydrogen-bond acceptors (Lipinski definition) is 17. The Bertz CT molecular complexity index is 1630. The van der Waals surface area contributed by atoms with Crippen LogP contribution in [0.1, 0.15) is 113 Å². The van der Waals surface area contributed by atoms with E-state index in [1.807, 2.05) is 20.8 Å². The van der Waals surface area contributed by atoms with Crippen molar-refractivity contribution < 1.29 is 84.6 Å². The van der Waals surface area contributed by atoms with Crippen molar-refractivity contribution in [1.29, 1.82) is 0 Å². The molecule has 3 saturated heterocycles. The normalized spacial score (nSPS) is 52.3. The van der Waals surface area contributed by atoms with E-state index in [4.69, 9.17) is 28.4 Å². The molecule has 0 spiro atoms. The largest absolute Gasteiger partial charge is 0.394 e. The molecular formula is C47H80O17. The summed E-state index contributed by atoms with van der Waals surface area (Å²) in [4.78, 5) is 0. The Balaban J connectivity index is 1.11. The van der Waals surface area contributed by atoms with E-state index in [0.717, 1.165) is 37.7 Å². The number of aliphatic hydroxyl groups is 11. The van der Waals surface area contributed by atoms with Gasteiger partial charge in [0.05, 0.1) is 37.6 Å². The third kappa shape index (κ3) is 8.49. The summed E-state index contributed by atoms with van der Waals surface area (Å²) < 4.78 is 36.6. The van der Waals surface area contributed by atoms with E-state index in [2.05, 4.69) is 40.7 Å². The topological polar surface area (TPSA) is 278 Å². The molecule has 3 heterocycles. The fourth-order valence-electron chi connectivity index (χ4n) is 14.6. The van der Waals surface area contributed by atoms with E-state index < -0.39 is 123 Å². The molecular weight excluding hydrogens is 836 g/mol. The molecule has 3 aliphatic heterocycles. The minimum absolute atomic E-state index is 0.149. The van der Waals surface area contributed by atoms with E-state index >= 15 is 0 Å². The van der Waals surface area contributed by atoms with Gasteiger partial charge in [-0.1, -0.05) is 46.3 Å². The van der Waals surface area contributed by atoms with Gasteiger partial charge in [0.2, 0.25) is 0 Å². The van der Waals surface area contributed by atoms with Gasteiger partial charge >= 0.3 is 0 Å². The standard InChI is InChI=1S/C47H80O17/c1-22(2)10-9-14-47(8,64-42-39(58)36(55)34(53)27(62-42)21-59-40-37(56)33(52)26(20-49)60-40)23-11-16-46(7)31(23)24(50)18-29-44(5)15-13-30(43(3,4)28(44)12-17-45(29,46)6)63-41-38(57)35(54)32(51)25(19-48)61-41/h10,23-42,48-58H,9,11-21H2,1-8H3/t23-,24-,25-,26+,27+,28+,29-,30+,31+,32-,33+,34+,35+,36-,37+,38+,39+,40-,41+,42-,44-,45+,46-,47+/m1/s1. The molecule has 0 bridgehead atoms. The van der Waals surface area contributed by atoms with Crippen molar-refractivity contribution in [2.75, 3.05) is 19.8 Å². The maximum atomic E-state index is 12.7. The molecule has 0 aromatic rings. The molecule has 0 amide bonds. The average Bonchev–Trinajstić information content (AvgIpc) is 3.76. The molecule has 17 nitrogen and oxygen atoms in total. The molecule has 7 rings (SSSR count). The molecule has 24 atom stereocenters. The first-order chi connectivity index (χ1) is 29.9. The smallest absolute Gasteiger partial charge is 0.187 e. The highest BCUT2D eigenvalue weighted by Gasteiger charge is 2.72. The Labute approximate surface area is 377 Å².